The molecule has 0 bridgehead atoms. The number of ether oxygens (including phenoxy) is 1. The quantitative estimate of drug-likeness (QED) is 0.322. The van der Waals surface area contributed by atoms with E-state index in [1.165, 1.54) is 0 Å². The number of aryl methyl sites for hydroxylation is 1. The molecule has 0 radical (unpaired) electrons. The van der Waals surface area contributed by atoms with E-state index in [0.29, 0.717) is 22.6 Å². The van der Waals surface area contributed by atoms with Gasteiger partial charge < -0.3 is 10.1 Å². The molecule has 39 heavy (non-hydrogen) atoms. The van der Waals surface area contributed by atoms with Crippen molar-refractivity contribution in [1.82, 2.24) is 14.9 Å². The van der Waals surface area contributed by atoms with Crippen molar-refractivity contribution in [2.75, 3.05) is 38.7 Å². The van der Waals surface area contributed by atoms with E-state index in [0.717, 1.165) is 66.1 Å². The van der Waals surface area contributed by atoms with Gasteiger partial charge in [-0.1, -0.05) is 47.6 Å². The monoisotopic (exact) mass is 554 g/mol. The van der Waals surface area contributed by atoms with Gasteiger partial charge in [0.05, 0.1) is 24.4 Å². The molecule has 3 aromatic rings. The van der Waals surface area contributed by atoms with Crippen molar-refractivity contribution in [3.63, 3.8) is 0 Å². The number of rotatable bonds is 8. The van der Waals surface area contributed by atoms with Gasteiger partial charge in [-0.15, -0.1) is 0 Å². The van der Waals surface area contributed by atoms with Crippen LogP contribution < -0.4 is 5.32 Å². The predicted octanol–water partition coefficient (Wildman–Crippen LogP) is 6.10. The fourth-order valence-electron chi connectivity index (χ4n) is 5.61. The van der Waals surface area contributed by atoms with E-state index >= 15 is 0 Å². The minimum Gasteiger partial charge on any atom is -0.388 e. The SMILES string of the molecule is CNc1cc2c(-c3c(C(C)C)cc(C(C)C)c(S(=O)(=O)O)c3C(C)C)nc(C)nc2cc1CN1CCOCC1. The summed E-state index contributed by atoms with van der Waals surface area (Å²) in [4.78, 5) is 12.1. The smallest absolute Gasteiger partial charge is 0.295 e. The Labute approximate surface area is 232 Å². The maximum Gasteiger partial charge on any atom is 0.295 e. The highest BCUT2D eigenvalue weighted by molar-refractivity contribution is 7.86. The highest BCUT2D eigenvalue weighted by Crippen LogP contribution is 2.45. The first-order valence-electron chi connectivity index (χ1n) is 13.8. The average molecular weight is 555 g/mol. The van der Waals surface area contributed by atoms with E-state index in [1.807, 2.05) is 47.7 Å². The largest absolute Gasteiger partial charge is 0.388 e. The lowest BCUT2D eigenvalue weighted by atomic mass is 9.82. The Bertz CT molecular complexity index is 1480. The van der Waals surface area contributed by atoms with E-state index in [4.69, 9.17) is 14.7 Å². The van der Waals surface area contributed by atoms with Gasteiger partial charge in [0.2, 0.25) is 0 Å². The summed E-state index contributed by atoms with van der Waals surface area (Å²) in [6.45, 7) is 17.9. The summed E-state index contributed by atoms with van der Waals surface area (Å²) in [5.74, 6) is 0.439. The van der Waals surface area contributed by atoms with E-state index < -0.39 is 10.1 Å². The molecule has 1 aliphatic rings. The summed E-state index contributed by atoms with van der Waals surface area (Å²) in [6, 6.07) is 6.15. The van der Waals surface area contributed by atoms with Crippen molar-refractivity contribution in [2.24, 2.45) is 0 Å². The zero-order chi connectivity index (χ0) is 28.6. The Morgan fingerprint density at radius 2 is 1.62 bits per heavy atom. The second-order valence-electron chi connectivity index (χ2n) is 11.4. The molecule has 1 saturated heterocycles. The van der Waals surface area contributed by atoms with Crippen LogP contribution in [0.15, 0.2) is 23.1 Å². The first kappa shape index (κ1) is 29.4. The van der Waals surface area contributed by atoms with Crippen LogP contribution in [0.25, 0.3) is 22.2 Å². The van der Waals surface area contributed by atoms with Crippen LogP contribution in [0.1, 0.15) is 87.4 Å². The zero-order valence-corrected chi connectivity index (χ0v) is 25.2. The molecule has 8 nitrogen and oxygen atoms in total. The van der Waals surface area contributed by atoms with Crippen LogP contribution in [0.4, 0.5) is 5.69 Å². The maximum absolute atomic E-state index is 12.9. The van der Waals surface area contributed by atoms with Gasteiger partial charge >= 0.3 is 0 Å². The molecule has 2 heterocycles. The van der Waals surface area contributed by atoms with E-state index in [1.54, 1.807) is 0 Å². The first-order chi connectivity index (χ1) is 18.3. The van der Waals surface area contributed by atoms with Crippen LogP contribution in [0.2, 0.25) is 0 Å². The van der Waals surface area contributed by atoms with Crippen molar-refractivity contribution in [3.8, 4) is 11.3 Å². The Kier molecular flexibility index (Phi) is 8.66. The van der Waals surface area contributed by atoms with E-state index in [-0.39, 0.29) is 22.6 Å². The highest BCUT2D eigenvalue weighted by Gasteiger charge is 2.31. The highest BCUT2D eigenvalue weighted by atomic mass is 32.2. The van der Waals surface area contributed by atoms with Gasteiger partial charge in [0.1, 0.15) is 10.7 Å². The number of nitrogens with zero attached hydrogens (tertiary/aromatic N) is 3. The first-order valence-corrected chi connectivity index (χ1v) is 15.2. The topological polar surface area (TPSA) is 105 Å². The van der Waals surface area contributed by atoms with Crippen LogP contribution in [-0.2, 0) is 21.4 Å². The Hall–Kier alpha value is -2.59. The molecule has 2 N–H and O–H groups in total. The molecule has 0 amide bonds. The number of fused-ring (bicyclic) bond motifs is 1. The molecule has 4 rings (SSSR count). The normalized spacial score (nSPS) is 15.2. The van der Waals surface area contributed by atoms with Crippen LogP contribution in [0, 0.1) is 6.92 Å². The lowest BCUT2D eigenvalue weighted by molar-refractivity contribution is 0.0343. The van der Waals surface area contributed by atoms with Crippen molar-refractivity contribution < 1.29 is 17.7 Å². The zero-order valence-electron chi connectivity index (χ0n) is 24.4. The van der Waals surface area contributed by atoms with Gasteiger partial charge in [-0.2, -0.15) is 8.42 Å². The van der Waals surface area contributed by atoms with Crippen LogP contribution >= 0.6 is 0 Å². The third-order valence-electron chi connectivity index (χ3n) is 7.49. The molecule has 2 aromatic carbocycles. The standard InChI is InChI=1S/C30H42N4O4S/c1-17(2)22-14-23(18(3)4)30(39(35,36)37)27(19(5)6)28(22)29-24-15-25(31-8)21(13-26(24)32-20(7)33-29)16-34-9-11-38-12-10-34/h13-15,17-19,31H,9-12,16H2,1-8H3,(H,35,36,37). The van der Waals surface area contributed by atoms with Gasteiger partial charge in [0.15, 0.2) is 0 Å². The van der Waals surface area contributed by atoms with Crippen molar-refractivity contribution in [1.29, 1.82) is 0 Å². The van der Waals surface area contributed by atoms with Gasteiger partial charge in [0.25, 0.3) is 10.1 Å². The Morgan fingerprint density at radius 1 is 0.974 bits per heavy atom. The molecule has 9 heteroatoms. The summed E-state index contributed by atoms with van der Waals surface area (Å²) >= 11 is 0. The second kappa shape index (κ2) is 11.5. The fourth-order valence-corrected chi connectivity index (χ4v) is 6.81. The number of nitrogens with one attached hydrogen (secondary N) is 1. The van der Waals surface area contributed by atoms with Crippen molar-refractivity contribution in [2.45, 2.75) is 77.7 Å². The number of benzene rings is 2. The molecule has 1 aliphatic heterocycles. The summed E-state index contributed by atoms with van der Waals surface area (Å²) < 4.78 is 41.9. The molecule has 0 saturated carbocycles. The summed E-state index contributed by atoms with van der Waals surface area (Å²) in [5, 5.41) is 4.20. The Morgan fingerprint density at radius 3 is 2.15 bits per heavy atom. The summed E-state index contributed by atoms with van der Waals surface area (Å²) in [5.41, 5.74) is 6.65. The minimum absolute atomic E-state index is 0.00842. The number of hydrogen-bond acceptors (Lipinski definition) is 7. The predicted molar refractivity (Wildman–Crippen MR) is 157 cm³/mol. The summed E-state index contributed by atoms with van der Waals surface area (Å²) in [7, 11) is -2.59. The minimum atomic E-state index is -4.50. The Balaban J connectivity index is 2.09. The van der Waals surface area contributed by atoms with Crippen molar-refractivity contribution >= 4 is 26.7 Å². The second-order valence-corrected chi connectivity index (χ2v) is 12.8. The van der Waals surface area contributed by atoms with Gasteiger partial charge in [-0.3, -0.25) is 9.45 Å². The number of hydrogen-bond donors (Lipinski definition) is 2. The number of aromatic nitrogens is 2. The fraction of sp³-hybridized carbons (Fsp3) is 0.533. The third-order valence-corrected chi connectivity index (χ3v) is 8.46. The molecule has 0 aliphatic carbocycles. The number of anilines is 1. The summed E-state index contributed by atoms with van der Waals surface area (Å²) in [6.07, 6.45) is 0. The van der Waals surface area contributed by atoms with Crippen LogP contribution in [-0.4, -0.2) is 61.2 Å². The molecule has 0 spiro atoms. The lowest BCUT2D eigenvalue weighted by Crippen LogP contribution is -2.35. The average Bonchev–Trinajstić information content (AvgIpc) is 2.86. The molecule has 0 unspecified atom stereocenters. The molecular weight excluding hydrogens is 512 g/mol. The van der Waals surface area contributed by atoms with Gasteiger partial charge in [-0.05, 0) is 59.1 Å². The van der Waals surface area contributed by atoms with Gasteiger partial charge in [-0.25, -0.2) is 9.97 Å². The van der Waals surface area contributed by atoms with Crippen LogP contribution in [0.3, 0.4) is 0 Å². The van der Waals surface area contributed by atoms with Crippen LogP contribution in [0.5, 0.6) is 0 Å². The molecule has 1 fully saturated rings. The van der Waals surface area contributed by atoms with Crippen molar-refractivity contribution in [3.05, 3.63) is 46.3 Å². The molecular formula is C30H42N4O4S. The van der Waals surface area contributed by atoms with E-state index in [2.05, 4.69) is 36.2 Å². The van der Waals surface area contributed by atoms with E-state index in [9.17, 15) is 13.0 Å². The molecule has 212 valence electrons. The number of morpholine rings is 1. The maximum atomic E-state index is 12.9. The molecule has 0 atom stereocenters. The third kappa shape index (κ3) is 5.96. The van der Waals surface area contributed by atoms with Gasteiger partial charge in [0, 0.05) is 43.3 Å². The lowest BCUT2D eigenvalue weighted by Gasteiger charge is -2.28. The molecule has 1 aromatic heterocycles.